The summed E-state index contributed by atoms with van der Waals surface area (Å²) in [6.07, 6.45) is 3.58. The maximum absolute atomic E-state index is 5.44. The number of guanidine groups is 1. The maximum Gasteiger partial charge on any atom is 0.191 e. The number of nitrogens with zero attached hydrogens (tertiary/aromatic N) is 2. The van der Waals surface area contributed by atoms with Gasteiger partial charge in [-0.25, -0.2) is 0 Å². The first kappa shape index (κ1) is 22.0. The Bertz CT molecular complexity index is 560. The summed E-state index contributed by atoms with van der Waals surface area (Å²) in [6.45, 7) is 6.09. The largest absolute Gasteiger partial charge is 0.496 e. The minimum absolute atomic E-state index is 0. The number of aliphatic imine (C=N–C) groups is 1. The minimum atomic E-state index is 0. The van der Waals surface area contributed by atoms with Gasteiger partial charge in [0.15, 0.2) is 5.96 Å². The quantitative estimate of drug-likeness (QED) is 0.356. The second kappa shape index (κ2) is 10.9. The van der Waals surface area contributed by atoms with Gasteiger partial charge in [0.1, 0.15) is 5.75 Å². The van der Waals surface area contributed by atoms with Crippen molar-refractivity contribution in [2.45, 2.75) is 45.2 Å². The zero-order chi connectivity index (χ0) is 17.5. The van der Waals surface area contributed by atoms with Crippen LogP contribution in [0.2, 0.25) is 0 Å². The summed E-state index contributed by atoms with van der Waals surface area (Å²) < 4.78 is 5.44. The van der Waals surface area contributed by atoms with Crippen molar-refractivity contribution >= 4 is 29.9 Å². The number of benzene rings is 1. The van der Waals surface area contributed by atoms with E-state index in [1.807, 2.05) is 13.1 Å². The molecule has 0 aromatic heterocycles. The number of halogens is 1. The van der Waals surface area contributed by atoms with Gasteiger partial charge in [-0.1, -0.05) is 17.7 Å². The van der Waals surface area contributed by atoms with Gasteiger partial charge >= 0.3 is 0 Å². The number of hydrogen-bond donors (Lipinski definition) is 2. The van der Waals surface area contributed by atoms with Crippen molar-refractivity contribution < 1.29 is 4.74 Å². The molecule has 2 rings (SSSR count). The Morgan fingerprint density at radius 3 is 2.68 bits per heavy atom. The van der Waals surface area contributed by atoms with Crippen LogP contribution in [-0.2, 0) is 6.42 Å². The Morgan fingerprint density at radius 1 is 1.36 bits per heavy atom. The standard InChI is InChI=1S/C19H32N4O.HI/c1-14-6-9-18(24-5)16(12-14)10-11-21-19(20-3)22-13-15(2)23(4)17-7-8-17;/h6,9,12,15,17H,7-8,10-11,13H2,1-5H3,(H2,20,21,22);1H. The Hall–Kier alpha value is -1.02. The summed E-state index contributed by atoms with van der Waals surface area (Å²) in [7, 11) is 5.75. The number of methoxy groups -OCH3 is 1. The number of aryl methyl sites for hydroxylation is 1. The molecule has 1 aromatic carbocycles. The van der Waals surface area contributed by atoms with Crippen molar-refractivity contribution in [1.29, 1.82) is 0 Å². The van der Waals surface area contributed by atoms with Crippen LogP contribution < -0.4 is 15.4 Å². The lowest BCUT2D eigenvalue weighted by molar-refractivity contribution is 0.247. The van der Waals surface area contributed by atoms with E-state index in [4.69, 9.17) is 4.74 Å². The van der Waals surface area contributed by atoms with Gasteiger partial charge in [0.05, 0.1) is 7.11 Å². The lowest BCUT2D eigenvalue weighted by Crippen LogP contribution is -2.45. The molecule has 0 heterocycles. The highest BCUT2D eigenvalue weighted by molar-refractivity contribution is 14.0. The summed E-state index contributed by atoms with van der Waals surface area (Å²) in [6, 6.07) is 7.59. The predicted octanol–water partition coefficient (Wildman–Crippen LogP) is 2.81. The zero-order valence-corrected chi connectivity index (χ0v) is 18.5. The number of ether oxygens (including phenoxy) is 1. The van der Waals surface area contributed by atoms with E-state index in [1.54, 1.807) is 7.11 Å². The van der Waals surface area contributed by atoms with Crippen LogP contribution in [0.1, 0.15) is 30.9 Å². The molecule has 0 aliphatic heterocycles. The van der Waals surface area contributed by atoms with Crippen molar-refractivity contribution in [3.8, 4) is 5.75 Å². The predicted molar refractivity (Wildman–Crippen MR) is 116 cm³/mol. The van der Waals surface area contributed by atoms with Crippen molar-refractivity contribution in [3.63, 3.8) is 0 Å². The summed E-state index contributed by atoms with van der Waals surface area (Å²) >= 11 is 0. The third kappa shape index (κ3) is 7.01. The van der Waals surface area contributed by atoms with Gasteiger partial charge in [-0.3, -0.25) is 9.89 Å². The molecule has 1 fully saturated rings. The van der Waals surface area contributed by atoms with Gasteiger partial charge in [-0.15, -0.1) is 24.0 Å². The molecule has 0 bridgehead atoms. The molecule has 1 aliphatic carbocycles. The van der Waals surface area contributed by atoms with Crippen molar-refractivity contribution in [1.82, 2.24) is 15.5 Å². The van der Waals surface area contributed by atoms with Crippen molar-refractivity contribution in [2.24, 2.45) is 4.99 Å². The van der Waals surface area contributed by atoms with Crippen LogP contribution in [0.4, 0.5) is 0 Å². The van der Waals surface area contributed by atoms with E-state index in [0.717, 1.165) is 37.3 Å². The van der Waals surface area contributed by atoms with Gasteiger partial charge in [-0.2, -0.15) is 0 Å². The Kier molecular flexibility index (Phi) is 9.56. The lowest BCUT2D eigenvalue weighted by atomic mass is 10.1. The van der Waals surface area contributed by atoms with E-state index < -0.39 is 0 Å². The number of nitrogens with one attached hydrogen (secondary N) is 2. The van der Waals surface area contributed by atoms with Crippen LogP contribution in [0, 0.1) is 6.92 Å². The van der Waals surface area contributed by atoms with E-state index in [-0.39, 0.29) is 24.0 Å². The first-order valence-electron chi connectivity index (χ1n) is 8.85. The first-order chi connectivity index (χ1) is 11.5. The molecule has 1 aromatic rings. The van der Waals surface area contributed by atoms with Crippen LogP contribution >= 0.6 is 24.0 Å². The fraction of sp³-hybridized carbons (Fsp3) is 0.632. The molecule has 2 N–H and O–H groups in total. The molecule has 142 valence electrons. The molecule has 5 nitrogen and oxygen atoms in total. The van der Waals surface area contributed by atoms with Gasteiger partial charge in [0.25, 0.3) is 0 Å². The molecular weight excluding hydrogens is 427 g/mol. The highest BCUT2D eigenvalue weighted by Crippen LogP contribution is 2.26. The molecule has 0 saturated heterocycles. The Labute approximate surface area is 169 Å². The third-order valence-corrected chi connectivity index (χ3v) is 4.73. The second-order valence-electron chi connectivity index (χ2n) is 6.69. The topological polar surface area (TPSA) is 48.9 Å². The summed E-state index contributed by atoms with van der Waals surface area (Å²) in [5, 5.41) is 6.82. The van der Waals surface area contributed by atoms with Gasteiger partial charge < -0.3 is 15.4 Å². The Balaban J connectivity index is 0.00000312. The molecule has 25 heavy (non-hydrogen) atoms. The van der Waals surface area contributed by atoms with Crippen molar-refractivity contribution in [2.75, 3.05) is 34.3 Å². The first-order valence-corrected chi connectivity index (χ1v) is 8.85. The molecule has 1 unspecified atom stereocenters. The number of hydrogen-bond acceptors (Lipinski definition) is 3. The zero-order valence-electron chi connectivity index (χ0n) is 16.1. The average Bonchev–Trinajstić information content (AvgIpc) is 3.42. The third-order valence-electron chi connectivity index (χ3n) is 4.73. The molecular formula is C19H33IN4O. The average molecular weight is 460 g/mol. The highest BCUT2D eigenvalue weighted by atomic mass is 127. The molecule has 1 atom stereocenters. The fourth-order valence-corrected chi connectivity index (χ4v) is 2.87. The molecule has 1 aliphatic rings. The second-order valence-corrected chi connectivity index (χ2v) is 6.69. The van der Waals surface area contributed by atoms with Crippen LogP contribution in [0.15, 0.2) is 23.2 Å². The van der Waals surface area contributed by atoms with Crippen LogP contribution in [0.25, 0.3) is 0 Å². The number of likely N-dealkylation sites (N-methyl/N-ethyl adjacent to an activating group) is 1. The van der Waals surface area contributed by atoms with E-state index in [9.17, 15) is 0 Å². The van der Waals surface area contributed by atoms with Crippen LogP contribution in [0.3, 0.4) is 0 Å². The van der Waals surface area contributed by atoms with Gasteiger partial charge in [0, 0.05) is 32.2 Å². The van der Waals surface area contributed by atoms with Crippen LogP contribution in [-0.4, -0.2) is 57.2 Å². The Morgan fingerprint density at radius 2 is 2.08 bits per heavy atom. The highest BCUT2D eigenvalue weighted by Gasteiger charge is 2.28. The van der Waals surface area contributed by atoms with E-state index >= 15 is 0 Å². The fourth-order valence-electron chi connectivity index (χ4n) is 2.87. The monoisotopic (exact) mass is 460 g/mol. The van der Waals surface area contributed by atoms with E-state index in [1.165, 1.54) is 24.0 Å². The maximum atomic E-state index is 5.44. The summed E-state index contributed by atoms with van der Waals surface area (Å²) in [5.41, 5.74) is 2.48. The SMILES string of the molecule is CN=C(NCCc1cc(C)ccc1OC)NCC(C)N(C)C1CC1.I. The molecule has 0 amide bonds. The van der Waals surface area contributed by atoms with Crippen LogP contribution in [0.5, 0.6) is 5.75 Å². The normalized spacial score (nSPS) is 15.5. The molecule has 6 heteroatoms. The van der Waals surface area contributed by atoms with E-state index in [0.29, 0.717) is 6.04 Å². The smallest absolute Gasteiger partial charge is 0.191 e. The van der Waals surface area contributed by atoms with Crippen molar-refractivity contribution in [3.05, 3.63) is 29.3 Å². The molecule has 1 saturated carbocycles. The summed E-state index contributed by atoms with van der Waals surface area (Å²) in [4.78, 5) is 6.77. The van der Waals surface area contributed by atoms with Gasteiger partial charge in [0.2, 0.25) is 0 Å². The molecule has 0 radical (unpaired) electrons. The lowest BCUT2D eigenvalue weighted by Gasteiger charge is -2.25. The molecule has 0 spiro atoms. The number of rotatable bonds is 8. The van der Waals surface area contributed by atoms with Gasteiger partial charge in [-0.05, 0) is 51.8 Å². The minimum Gasteiger partial charge on any atom is -0.496 e. The van der Waals surface area contributed by atoms with E-state index in [2.05, 4.69) is 53.6 Å². The summed E-state index contributed by atoms with van der Waals surface area (Å²) in [5.74, 6) is 1.81.